The van der Waals surface area contributed by atoms with Crippen LogP contribution in [-0.2, 0) is 9.53 Å². The first-order chi connectivity index (χ1) is 22.7. The van der Waals surface area contributed by atoms with Gasteiger partial charge in [-0.2, -0.15) is 0 Å². The highest BCUT2D eigenvalue weighted by Crippen LogP contribution is 2.17. The van der Waals surface area contributed by atoms with Gasteiger partial charge in [0.1, 0.15) is 0 Å². The zero-order valence-corrected chi connectivity index (χ0v) is 31.9. The molecule has 1 unspecified atom stereocenters. The number of carbonyl (C=O) groups excluding carboxylic acids is 1. The zero-order valence-electron chi connectivity index (χ0n) is 31.9. The third-order valence-electron chi connectivity index (χ3n) is 10.1. The number of ether oxygens (including phenoxy) is 1. The third kappa shape index (κ3) is 39.6. The average molecular weight is 651 g/mol. The number of aliphatic hydroxyl groups is 1. The van der Waals surface area contributed by atoms with Crippen molar-refractivity contribution in [3.8, 4) is 0 Å². The largest absolute Gasteiger partial charge is 0.466 e. The lowest BCUT2D eigenvalue weighted by molar-refractivity contribution is -0.143. The minimum Gasteiger partial charge on any atom is -0.466 e. The Balaban J connectivity index is 3.18. The molecule has 0 spiro atoms. The Morgan fingerprint density at radius 3 is 0.978 bits per heavy atom. The van der Waals surface area contributed by atoms with Crippen LogP contribution in [0.4, 0.5) is 0 Å². The molecule has 0 saturated heterocycles. The second-order valence-electron chi connectivity index (χ2n) is 14.9. The van der Waals surface area contributed by atoms with Crippen LogP contribution >= 0.6 is 0 Å². The van der Waals surface area contributed by atoms with Crippen LogP contribution in [0.3, 0.4) is 0 Å². The van der Waals surface area contributed by atoms with Gasteiger partial charge in [0.15, 0.2) is 0 Å². The summed E-state index contributed by atoms with van der Waals surface area (Å²) in [5, 5.41) is 10.3. The van der Waals surface area contributed by atoms with Crippen molar-refractivity contribution < 1.29 is 14.6 Å². The second-order valence-corrected chi connectivity index (χ2v) is 14.9. The highest BCUT2D eigenvalue weighted by atomic mass is 16.5. The predicted octanol–water partition coefficient (Wildman–Crippen LogP) is 14.8. The van der Waals surface area contributed by atoms with Gasteiger partial charge >= 0.3 is 5.97 Å². The highest BCUT2D eigenvalue weighted by Gasteiger charge is 2.05. The molecule has 1 atom stereocenters. The van der Waals surface area contributed by atoms with Crippen molar-refractivity contribution in [2.75, 3.05) is 6.61 Å². The van der Waals surface area contributed by atoms with Crippen LogP contribution < -0.4 is 0 Å². The summed E-state index contributed by atoms with van der Waals surface area (Å²) in [6, 6.07) is 0. The summed E-state index contributed by atoms with van der Waals surface area (Å²) in [6.07, 6.45) is 49.6. The van der Waals surface area contributed by atoms with Crippen LogP contribution in [0.25, 0.3) is 0 Å². The van der Waals surface area contributed by atoms with Crippen molar-refractivity contribution >= 4 is 5.97 Å². The molecule has 46 heavy (non-hydrogen) atoms. The fraction of sp³-hybridized carbons (Fsp3) is 0.977. The van der Waals surface area contributed by atoms with Crippen molar-refractivity contribution in [2.45, 2.75) is 264 Å². The maximum atomic E-state index is 11.7. The van der Waals surface area contributed by atoms with Gasteiger partial charge in [-0.05, 0) is 25.7 Å². The molecule has 0 aliphatic carbocycles. The van der Waals surface area contributed by atoms with E-state index in [2.05, 4.69) is 13.8 Å². The second kappa shape index (κ2) is 40.6. The first-order valence-corrected chi connectivity index (χ1v) is 21.5. The summed E-state index contributed by atoms with van der Waals surface area (Å²) in [5.74, 6) is -0.0252. The molecule has 0 aromatic heterocycles. The molecule has 0 aliphatic heterocycles. The highest BCUT2D eigenvalue weighted by molar-refractivity contribution is 5.69. The van der Waals surface area contributed by atoms with Crippen LogP contribution in [0.1, 0.15) is 258 Å². The summed E-state index contributed by atoms with van der Waals surface area (Å²) in [4.78, 5) is 11.7. The molecule has 3 heteroatoms. The molecule has 1 N–H and O–H groups in total. The summed E-state index contributed by atoms with van der Waals surface area (Å²) in [7, 11) is 0. The monoisotopic (exact) mass is 651 g/mol. The summed E-state index contributed by atoms with van der Waals surface area (Å²) < 4.78 is 5.30. The number of rotatable bonds is 40. The van der Waals surface area contributed by atoms with E-state index in [0.717, 1.165) is 51.4 Å². The Hall–Kier alpha value is -0.570. The van der Waals surface area contributed by atoms with Crippen LogP contribution in [0.2, 0.25) is 0 Å². The van der Waals surface area contributed by atoms with E-state index < -0.39 is 0 Å². The quantitative estimate of drug-likeness (QED) is 0.0530. The lowest BCUT2D eigenvalue weighted by atomic mass is 10.0. The molecule has 0 rings (SSSR count). The Labute approximate surface area is 290 Å². The van der Waals surface area contributed by atoms with Gasteiger partial charge < -0.3 is 9.84 Å². The van der Waals surface area contributed by atoms with Crippen molar-refractivity contribution in [1.82, 2.24) is 0 Å². The normalized spacial score (nSPS) is 12.2. The Kier molecular flexibility index (Phi) is 40.1. The standard InChI is InChI=1S/C43H86O3/c1-3-5-7-9-10-11-12-13-14-15-16-17-18-19-20-21-22-23-24-25-26-27-28-29-31-34-38-42(44)39-35-32-30-33-36-40-43(45)46-41-37-8-6-4-2/h42,44H,3-41H2,1-2H3. The van der Waals surface area contributed by atoms with Gasteiger partial charge in [0.2, 0.25) is 0 Å². The molecular weight excluding hydrogens is 564 g/mol. The molecular formula is C43H86O3. The Morgan fingerprint density at radius 1 is 0.391 bits per heavy atom. The van der Waals surface area contributed by atoms with Crippen LogP contribution in [0, 0.1) is 0 Å². The van der Waals surface area contributed by atoms with Crippen molar-refractivity contribution in [2.24, 2.45) is 0 Å². The minimum absolute atomic E-state index is 0.0252. The maximum absolute atomic E-state index is 11.7. The lowest BCUT2D eigenvalue weighted by Crippen LogP contribution is -2.06. The molecule has 0 fully saturated rings. The molecule has 0 aliphatic rings. The van der Waals surface area contributed by atoms with E-state index in [1.165, 1.54) is 186 Å². The van der Waals surface area contributed by atoms with Gasteiger partial charge in [0, 0.05) is 6.42 Å². The van der Waals surface area contributed by atoms with Crippen LogP contribution in [0.5, 0.6) is 0 Å². The SMILES string of the molecule is CCCCCCCCCCCCCCCCCCCCCCCCCCCCC(O)CCCCCCCC(=O)OCCCCCC. The van der Waals surface area contributed by atoms with Gasteiger partial charge in [-0.1, -0.05) is 226 Å². The molecule has 0 aromatic carbocycles. The topological polar surface area (TPSA) is 46.5 Å². The fourth-order valence-electron chi connectivity index (χ4n) is 6.81. The molecule has 0 saturated carbocycles. The minimum atomic E-state index is -0.114. The van der Waals surface area contributed by atoms with Gasteiger partial charge in [-0.15, -0.1) is 0 Å². The lowest BCUT2D eigenvalue weighted by Gasteiger charge is -2.10. The van der Waals surface area contributed by atoms with E-state index in [9.17, 15) is 9.90 Å². The van der Waals surface area contributed by atoms with Crippen molar-refractivity contribution in [3.63, 3.8) is 0 Å². The number of aliphatic hydroxyl groups excluding tert-OH is 1. The van der Waals surface area contributed by atoms with Gasteiger partial charge in [-0.25, -0.2) is 0 Å². The van der Waals surface area contributed by atoms with Crippen molar-refractivity contribution in [1.29, 1.82) is 0 Å². The van der Waals surface area contributed by atoms with E-state index in [4.69, 9.17) is 4.74 Å². The van der Waals surface area contributed by atoms with E-state index in [-0.39, 0.29) is 12.1 Å². The van der Waals surface area contributed by atoms with Crippen LogP contribution in [-0.4, -0.2) is 23.8 Å². The van der Waals surface area contributed by atoms with Gasteiger partial charge in [0.25, 0.3) is 0 Å². The number of unbranched alkanes of at least 4 members (excludes halogenated alkanes) is 32. The molecule has 0 radical (unpaired) electrons. The molecule has 276 valence electrons. The number of esters is 1. The van der Waals surface area contributed by atoms with E-state index in [0.29, 0.717) is 13.0 Å². The van der Waals surface area contributed by atoms with Gasteiger partial charge in [-0.3, -0.25) is 4.79 Å². The van der Waals surface area contributed by atoms with Gasteiger partial charge in [0.05, 0.1) is 12.7 Å². The smallest absolute Gasteiger partial charge is 0.305 e. The molecule has 0 amide bonds. The Bertz CT molecular complexity index is 562. The first-order valence-electron chi connectivity index (χ1n) is 21.5. The summed E-state index contributed by atoms with van der Waals surface area (Å²) >= 11 is 0. The first kappa shape index (κ1) is 45.4. The number of hydrogen-bond donors (Lipinski definition) is 1. The Morgan fingerprint density at radius 2 is 0.652 bits per heavy atom. The van der Waals surface area contributed by atoms with E-state index >= 15 is 0 Å². The zero-order chi connectivity index (χ0) is 33.4. The summed E-state index contributed by atoms with van der Waals surface area (Å²) in [5.41, 5.74) is 0. The molecule has 0 aromatic rings. The number of hydrogen-bond acceptors (Lipinski definition) is 3. The number of carbonyl (C=O) groups is 1. The third-order valence-corrected chi connectivity index (χ3v) is 10.1. The van der Waals surface area contributed by atoms with Crippen LogP contribution in [0.15, 0.2) is 0 Å². The summed E-state index contributed by atoms with van der Waals surface area (Å²) in [6.45, 7) is 5.09. The predicted molar refractivity (Wildman–Crippen MR) is 204 cm³/mol. The fourth-order valence-corrected chi connectivity index (χ4v) is 6.81. The maximum Gasteiger partial charge on any atom is 0.305 e. The average Bonchev–Trinajstić information content (AvgIpc) is 3.05. The molecule has 0 bridgehead atoms. The van der Waals surface area contributed by atoms with Crippen molar-refractivity contribution in [3.05, 3.63) is 0 Å². The molecule has 0 heterocycles. The molecule has 3 nitrogen and oxygen atoms in total. The van der Waals surface area contributed by atoms with E-state index in [1.54, 1.807) is 0 Å². The van der Waals surface area contributed by atoms with E-state index in [1.807, 2.05) is 0 Å².